The van der Waals surface area contributed by atoms with Crippen molar-refractivity contribution in [2.75, 3.05) is 5.06 Å². The minimum absolute atomic E-state index is 0.133. The molecule has 0 aromatic heterocycles. The molecule has 92 valence electrons. The predicted octanol–water partition coefficient (Wildman–Crippen LogP) is 3.49. The number of rotatable bonds is 2. The number of carbonyl (C=O) groups excluding carboxylic acids is 1. The highest BCUT2D eigenvalue weighted by Gasteiger charge is 2.11. The van der Waals surface area contributed by atoms with Gasteiger partial charge in [0.15, 0.2) is 5.78 Å². The molecule has 0 unspecified atom stereocenters. The SMILES string of the molecule is Cc1ccccc1N(O)/C=C1/C=C(Br)C=CC1=O. The fourth-order valence-corrected chi connectivity index (χ4v) is 2.02. The number of carbonyl (C=O) groups is 1. The van der Waals surface area contributed by atoms with Gasteiger partial charge in [0.2, 0.25) is 0 Å². The van der Waals surface area contributed by atoms with E-state index in [-0.39, 0.29) is 5.78 Å². The van der Waals surface area contributed by atoms with Crippen molar-refractivity contribution in [2.24, 2.45) is 0 Å². The Labute approximate surface area is 114 Å². The molecule has 0 amide bonds. The lowest BCUT2D eigenvalue weighted by Gasteiger charge is -2.16. The molecule has 1 aliphatic rings. The minimum Gasteiger partial charge on any atom is -0.289 e. The number of hydroxylamine groups is 1. The molecule has 18 heavy (non-hydrogen) atoms. The number of anilines is 1. The van der Waals surface area contributed by atoms with Crippen LogP contribution in [-0.2, 0) is 4.79 Å². The first kappa shape index (κ1) is 12.8. The van der Waals surface area contributed by atoms with Crippen molar-refractivity contribution >= 4 is 27.4 Å². The summed E-state index contributed by atoms with van der Waals surface area (Å²) >= 11 is 3.30. The van der Waals surface area contributed by atoms with Crippen LogP contribution in [0.5, 0.6) is 0 Å². The number of hydrogen-bond acceptors (Lipinski definition) is 3. The van der Waals surface area contributed by atoms with Gasteiger partial charge in [0, 0.05) is 16.3 Å². The van der Waals surface area contributed by atoms with Gasteiger partial charge in [0.1, 0.15) is 0 Å². The second kappa shape index (κ2) is 5.33. The molecular formula is C14H12BrNO2. The number of nitrogens with zero attached hydrogens (tertiary/aromatic N) is 1. The predicted molar refractivity (Wildman–Crippen MR) is 74.7 cm³/mol. The van der Waals surface area contributed by atoms with Gasteiger partial charge in [-0.3, -0.25) is 10.0 Å². The molecular weight excluding hydrogens is 294 g/mol. The molecule has 0 bridgehead atoms. The first-order valence-corrected chi connectivity index (χ1v) is 6.22. The van der Waals surface area contributed by atoms with Gasteiger partial charge in [0.05, 0.1) is 5.69 Å². The summed E-state index contributed by atoms with van der Waals surface area (Å²) in [6, 6.07) is 7.41. The smallest absolute Gasteiger partial charge is 0.187 e. The van der Waals surface area contributed by atoms with Gasteiger partial charge in [-0.1, -0.05) is 34.1 Å². The molecule has 0 atom stereocenters. The highest BCUT2D eigenvalue weighted by atomic mass is 79.9. The molecule has 1 aromatic rings. The molecule has 0 aliphatic heterocycles. The van der Waals surface area contributed by atoms with Gasteiger partial charge in [-0.25, -0.2) is 5.06 Å². The molecule has 0 saturated carbocycles. The summed E-state index contributed by atoms with van der Waals surface area (Å²) in [5.41, 5.74) is 2.01. The third-order valence-corrected chi connectivity index (χ3v) is 3.09. The third-order valence-electron chi connectivity index (χ3n) is 2.60. The van der Waals surface area contributed by atoms with Gasteiger partial charge in [-0.2, -0.15) is 0 Å². The van der Waals surface area contributed by atoms with Gasteiger partial charge < -0.3 is 0 Å². The molecule has 0 spiro atoms. The maximum atomic E-state index is 11.6. The second-order valence-electron chi connectivity index (χ2n) is 3.94. The van der Waals surface area contributed by atoms with Crippen LogP contribution in [0.4, 0.5) is 5.69 Å². The number of ketones is 1. The lowest BCUT2D eigenvalue weighted by molar-refractivity contribution is -0.111. The lowest BCUT2D eigenvalue weighted by atomic mass is 10.1. The van der Waals surface area contributed by atoms with Crippen LogP contribution < -0.4 is 5.06 Å². The molecule has 0 heterocycles. The summed E-state index contributed by atoms with van der Waals surface area (Å²) in [5.74, 6) is -0.133. The Hall–Kier alpha value is -1.65. The number of allylic oxidation sites excluding steroid dienone is 5. The topological polar surface area (TPSA) is 40.5 Å². The Morgan fingerprint density at radius 3 is 2.72 bits per heavy atom. The second-order valence-corrected chi connectivity index (χ2v) is 4.86. The zero-order chi connectivity index (χ0) is 13.1. The maximum absolute atomic E-state index is 11.6. The van der Waals surface area contributed by atoms with Crippen molar-refractivity contribution in [3.05, 3.63) is 64.3 Å². The molecule has 1 aliphatic carbocycles. The summed E-state index contributed by atoms with van der Waals surface area (Å²) in [7, 11) is 0. The zero-order valence-electron chi connectivity index (χ0n) is 9.80. The van der Waals surface area contributed by atoms with E-state index < -0.39 is 0 Å². The van der Waals surface area contributed by atoms with E-state index in [2.05, 4.69) is 15.9 Å². The van der Waals surface area contributed by atoms with E-state index in [0.29, 0.717) is 11.3 Å². The largest absolute Gasteiger partial charge is 0.289 e. The van der Waals surface area contributed by atoms with Crippen LogP contribution in [0.15, 0.2) is 58.7 Å². The first-order valence-electron chi connectivity index (χ1n) is 5.43. The Kier molecular flexibility index (Phi) is 3.79. The minimum atomic E-state index is -0.133. The Bertz CT molecular complexity index is 573. The standard InChI is InChI=1S/C14H12BrNO2/c1-10-4-2-3-5-13(10)16(18)9-11-8-12(15)6-7-14(11)17/h2-9,18H,1H3/b11-9-. The maximum Gasteiger partial charge on any atom is 0.187 e. The number of halogens is 1. The van der Waals surface area contributed by atoms with Crippen molar-refractivity contribution in [1.29, 1.82) is 0 Å². The average molecular weight is 306 g/mol. The molecule has 0 saturated heterocycles. The zero-order valence-corrected chi connectivity index (χ0v) is 11.4. The number of benzene rings is 1. The van der Waals surface area contributed by atoms with Crippen molar-refractivity contribution in [3.63, 3.8) is 0 Å². The summed E-state index contributed by atoms with van der Waals surface area (Å²) < 4.78 is 0.798. The highest BCUT2D eigenvalue weighted by molar-refractivity contribution is 9.11. The number of hydrogen-bond donors (Lipinski definition) is 1. The quantitative estimate of drug-likeness (QED) is 0.671. The van der Waals surface area contributed by atoms with Crippen LogP contribution in [0.25, 0.3) is 0 Å². The van der Waals surface area contributed by atoms with Crippen molar-refractivity contribution < 1.29 is 10.0 Å². The molecule has 1 N–H and O–H groups in total. The van der Waals surface area contributed by atoms with Crippen LogP contribution in [-0.4, -0.2) is 11.0 Å². The van der Waals surface area contributed by atoms with E-state index in [1.807, 2.05) is 25.1 Å². The number of para-hydroxylation sites is 1. The molecule has 3 nitrogen and oxygen atoms in total. The molecule has 0 radical (unpaired) electrons. The van der Waals surface area contributed by atoms with Crippen molar-refractivity contribution in [1.82, 2.24) is 0 Å². The summed E-state index contributed by atoms with van der Waals surface area (Å²) in [6.45, 7) is 1.89. The van der Waals surface area contributed by atoms with Crippen LogP contribution >= 0.6 is 15.9 Å². The van der Waals surface area contributed by atoms with E-state index in [1.165, 1.54) is 12.3 Å². The van der Waals surface area contributed by atoms with Gasteiger partial charge in [-0.15, -0.1) is 0 Å². The van der Waals surface area contributed by atoms with Gasteiger partial charge in [0.25, 0.3) is 0 Å². The van der Waals surface area contributed by atoms with E-state index >= 15 is 0 Å². The summed E-state index contributed by atoms with van der Waals surface area (Å²) in [5, 5.41) is 11.0. The normalized spacial score (nSPS) is 16.9. The van der Waals surface area contributed by atoms with Crippen molar-refractivity contribution in [3.8, 4) is 0 Å². The van der Waals surface area contributed by atoms with Gasteiger partial charge >= 0.3 is 0 Å². The lowest BCUT2D eigenvalue weighted by Crippen LogP contribution is -2.14. The summed E-state index contributed by atoms with van der Waals surface area (Å²) in [4.78, 5) is 11.6. The third kappa shape index (κ3) is 2.78. The van der Waals surface area contributed by atoms with E-state index in [0.717, 1.165) is 15.1 Å². The Morgan fingerprint density at radius 1 is 1.28 bits per heavy atom. The highest BCUT2D eigenvalue weighted by Crippen LogP contribution is 2.22. The molecule has 0 fully saturated rings. The van der Waals surface area contributed by atoms with Crippen LogP contribution in [0.2, 0.25) is 0 Å². The first-order chi connectivity index (χ1) is 8.58. The van der Waals surface area contributed by atoms with Crippen LogP contribution in [0.1, 0.15) is 5.56 Å². The van der Waals surface area contributed by atoms with E-state index in [9.17, 15) is 10.0 Å². The fourth-order valence-electron chi connectivity index (χ4n) is 1.64. The Balaban J connectivity index is 2.31. The summed E-state index contributed by atoms with van der Waals surface area (Å²) in [6.07, 6.45) is 6.22. The van der Waals surface area contributed by atoms with Crippen LogP contribution in [0.3, 0.4) is 0 Å². The number of aryl methyl sites for hydroxylation is 1. The molecule has 4 heteroatoms. The fraction of sp³-hybridized carbons (Fsp3) is 0.0714. The average Bonchev–Trinajstić information content (AvgIpc) is 2.34. The molecule has 2 rings (SSSR count). The van der Waals surface area contributed by atoms with E-state index in [1.54, 1.807) is 18.2 Å². The monoisotopic (exact) mass is 305 g/mol. The Morgan fingerprint density at radius 2 is 2.00 bits per heavy atom. The van der Waals surface area contributed by atoms with Gasteiger partial charge in [-0.05, 0) is 36.8 Å². The molecule has 1 aromatic carbocycles. The van der Waals surface area contributed by atoms with Crippen molar-refractivity contribution in [2.45, 2.75) is 6.92 Å². The van der Waals surface area contributed by atoms with E-state index in [4.69, 9.17) is 0 Å². The van der Waals surface area contributed by atoms with Crippen LogP contribution in [0, 0.1) is 6.92 Å².